The molecular formula is C22H20ClN5O2. The van der Waals surface area contributed by atoms with Crippen molar-refractivity contribution in [1.82, 2.24) is 24.6 Å². The highest BCUT2D eigenvalue weighted by Crippen LogP contribution is 2.11. The van der Waals surface area contributed by atoms with E-state index < -0.39 is 0 Å². The molecule has 4 rings (SSSR count). The summed E-state index contributed by atoms with van der Waals surface area (Å²) in [6.45, 7) is 3.13. The lowest BCUT2D eigenvalue weighted by Crippen LogP contribution is -2.27. The normalized spacial score (nSPS) is 11.0. The minimum absolute atomic E-state index is 0.145. The van der Waals surface area contributed by atoms with Crippen LogP contribution >= 0.6 is 11.6 Å². The zero-order valence-electron chi connectivity index (χ0n) is 16.4. The average Bonchev–Trinajstić information content (AvgIpc) is 3.15. The van der Waals surface area contributed by atoms with Crippen LogP contribution in [0.3, 0.4) is 0 Å². The summed E-state index contributed by atoms with van der Waals surface area (Å²) in [6.07, 6.45) is 3.04. The van der Waals surface area contributed by atoms with Crippen molar-refractivity contribution in [3.63, 3.8) is 0 Å². The van der Waals surface area contributed by atoms with E-state index in [0.717, 1.165) is 11.1 Å². The Hall–Kier alpha value is -3.45. The first-order valence-electron chi connectivity index (χ1n) is 9.51. The highest BCUT2D eigenvalue weighted by Gasteiger charge is 2.11. The summed E-state index contributed by atoms with van der Waals surface area (Å²) < 4.78 is 3.16. The van der Waals surface area contributed by atoms with Crippen LogP contribution in [0.2, 0.25) is 5.02 Å². The van der Waals surface area contributed by atoms with Crippen molar-refractivity contribution in [2.45, 2.75) is 20.0 Å². The predicted octanol–water partition coefficient (Wildman–Crippen LogP) is 3.03. The van der Waals surface area contributed by atoms with Gasteiger partial charge in [-0.3, -0.25) is 14.2 Å². The molecule has 152 valence electrons. The van der Waals surface area contributed by atoms with Crippen molar-refractivity contribution in [2.75, 3.05) is 6.54 Å². The number of aromatic nitrogens is 4. The van der Waals surface area contributed by atoms with E-state index in [9.17, 15) is 9.59 Å². The molecule has 2 aromatic carbocycles. The van der Waals surface area contributed by atoms with Crippen LogP contribution < -0.4 is 10.9 Å². The fourth-order valence-corrected chi connectivity index (χ4v) is 3.35. The number of fused-ring (bicyclic) bond motifs is 1. The number of hydrogen-bond acceptors (Lipinski definition) is 4. The van der Waals surface area contributed by atoms with Gasteiger partial charge in [0.2, 0.25) is 0 Å². The largest absolute Gasteiger partial charge is 0.350 e. The third kappa shape index (κ3) is 4.26. The molecule has 8 heteroatoms. The van der Waals surface area contributed by atoms with Crippen LogP contribution in [0.15, 0.2) is 65.8 Å². The van der Waals surface area contributed by atoms with Gasteiger partial charge in [0.15, 0.2) is 5.65 Å². The molecule has 0 radical (unpaired) electrons. The number of halogens is 1. The fraction of sp³-hybridized carbons (Fsp3) is 0.182. The lowest BCUT2D eigenvalue weighted by atomic mass is 10.1. The lowest BCUT2D eigenvalue weighted by molar-refractivity contribution is 0.0952. The maximum absolute atomic E-state index is 12.8. The van der Waals surface area contributed by atoms with E-state index in [2.05, 4.69) is 15.4 Å². The maximum Gasteiger partial charge on any atom is 0.264 e. The van der Waals surface area contributed by atoms with Gasteiger partial charge >= 0.3 is 0 Å². The summed E-state index contributed by atoms with van der Waals surface area (Å²) in [5.74, 6) is -0.145. The van der Waals surface area contributed by atoms with E-state index in [0.29, 0.717) is 41.3 Å². The Labute approximate surface area is 177 Å². The second-order valence-corrected chi connectivity index (χ2v) is 7.47. The van der Waals surface area contributed by atoms with E-state index in [-0.39, 0.29) is 11.5 Å². The van der Waals surface area contributed by atoms with E-state index in [1.54, 1.807) is 22.9 Å². The van der Waals surface area contributed by atoms with Gasteiger partial charge in [-0.25, -0.2) is 9.67 Å². The molecule has 1 N–H and O–H groups in total. The molecule has 0 saturated heterocycles. The smallest absolute Gasteiger partial charge is 0.264 e. The molecule has 0 aliphatic carbocycles. The number of benzene rings is 2. The van der Waals surface area contributed by atoms with Crippen molar-refractivity contribution in [3.8, 4) is 0 Å². The monoisotopic (exact) mass is 421 g/mol. The Bertz CT molecular complexity index is 1260. The Morgan fingerprint density at radius 2 is 1.97 bits per heavy atom. The van der Waals surface area contributed by atoms with Crippen LogP contribution in [-0.2, 0) is 13.1 Å². The molecule has 4 aromatic rings. The lowest BCUT2D eigenvalue weighted by Gasteiger charge is -2.08. The Kier molecular flexibility index (Phi) is 5.63. The summed E-state index contributed by atoms with van der Waals surface area (Å²) >= 11 is 5.91. The molecule has 2 aromatic heterocycles. The second-order valence-electron chi connectivity index (χ2n) is 7.03. The molecule has 0 spiro atoms. The molecule has 0 bridgehead atoms. The second kappa shape index (κ2) is 8.51. The Morgan fingerprint density at radius 3 is 2.73 bits per heavy atom. The van der Waals surface area contributed by atoms with Crippen LogP contribution in [0.25, 0.3) is 11.0 Å². The third-order valence-corrected chi connectivity index (χ3v) is 5.03. The molecule has 0 saturated carbocycles. The Morgan fingerprint density at radius 1 is 1.17 bits per heavy atom. The number of nitrogens with zero attached hydrogens (tertiary/aromatic N) is 4. The number of carbonyl (C=O) groups is 1. The van der Waals surface area contributed by atoms with Crippen molar-refractivity contribution >= 4 is 28.5 Å². The molecule has 7 nitrogen and oxygen atoms in total. The van der Waals surface area contributed by atoms with Gasteiger partial charge < -0.3 is 5.32 Å². The average molecular weight is 422 g/mol. The number of rotatable bonds is 6. The van der Waals surface area contributed by atoms with E-state index in [1.165, 1.54) is 17.1 Å². The summed E-state index contributed by atoms with van der Waals surface area (Å²) in [7, 11) is 0. The highest BCUT2D eigenvalue weighted by atomic mass is 35.5. The molecule has 0 aliphatic rings. The number of hydrogen-bond donors (Lipinski definition) is 1. The summed E-state index contributed by atoms with van der Waals surface area (Å²) in [5.41, 5.74) is 2.93. The van der Waals surface area contributed by atoms with E-state index >= 15 is 0 Å². The van der Waals surface area contributed by atoms with Gasteiger partial charge in [0.25, 0.3) is 11.5 Å². The molecule has 2 heterocycles. The van der Waals surface area contributed by atoms with Crippen molar-refractivity contribution < 1.29 is 4.79 Å². The van der Waals surface area contributed by atoms with E-state index in [4.69, 9.17) is 11.6 Å². The molecule has 0 aliphatic heterocycles. The summed E-state index contributed by atoms with van der Waals surface area (Å²) in [5, 5.41) is 8.23. The Balaban J connectivity index is 1.45. The van der Waals surface area contributed by atoms with Crippen LogP contribution in [0.5, 0.6) is 0 Å². The van der Waals surface area contributed by atoms with Gasteiger partial charge in [0.1, 0.15) is 11.7 Å². The van der Waals surface area contributed by atoms with Crippen LogP contribution in [0.1, 0.15) is 21.5 Å². The first-order chi connectivity index (χ1) is 14.5. The quantitative estimate of drug-likeness (QED) is 0.518. The number of carbonyl (C=O) groups excluding carboxylic acids is 1. The van der Waals surface area contributed by atoms with Gasteiger partial charge in [-0.05, 0) is 36.8 Å². The number of nitrogens with one attached hydrogen (secondary N) is 1. The van der Waals surface area contributed by atoms with Crippen LogP contribution in [0, 0.1) is 6.92 Å². The third-order valence-electron chi connectivity index (χ3n) is 4.78. The first-order valence-corrected chi connectivity index (χ1v) is 9.89. The predicted molar refractivity (Wildman–Crippen MR) is 116 cm³/mol. The number of aryl methyl sites for hydroxylation is 1. The van der Waals surface area contributed by atoms with E-state index in [1.807, 2.05) is 37.3 Å². The SMILES string of the molecule is Cc1cccc(C(=O)NCCn2ncc3c(=O)n(Cc4ccc(Cl)cc4)cnc32)c1. The zero-order chi connectivity index (χ0) is 21.1. The molecular weight excluding hydrogens is 402 g/mol. The van der Waals surface area contributed by atoms with Crippen molar-refractivity contribution in [3.05, 3.63) is 93.1 Å². The minimum Gasteiger partial charge on any atom is -0.350 e. The number of amides is 1. The van der Waals surface area contributed by atoms with Crippen molar-refractivity contribution in [2.24, 2.45) is 0 Å². The van der Waals surface area contributed by atoms with Gasteiger partial charge in [-0.15, -0.1) is 0 Å². The van der Waals surface area contributed by atoms with Gasteiger partial charge in [-0.2, -0.15) is 5.10 Å². The molecule has 0 fully saturated rings. The minimum atomic E-state index is -0.162. The van der Waals surface area contributed by atoms with Gasteiger partial charge in [-0.1, -0.05) is 41.4 Å². The summed E-state index contributed by atoms with van der Waals surface area (Å²) in [6, 6.07) is 14.7. The van der Waals surface area contributed by atoms with Crippen LogP contribution in [0.4, 0.5) is 0 Å². The van der Waals surface area contributed by atoms with Crippen molar-refractivity contribution in [1.29, 1.82) is 0 Å². The zero-order valence-corrected chi connectivity index (χ0v) is 17.1. The van der Waals surface area contributed by atoms with Crippen LogP contribution in [-0.4, -0.2) is 31.8 Å². The standard InChI is InChI=1S/C22H20ClN5O2/c1-15-3-2-4-17(11-15)21(29)24-9-10-28-20-19(12-26-28)22(30)27(14-25-20)13-16-5-7-18(23)8-6-16/h2-8,11-12,14H,9-10,13H2,1H3,(H,24,29). The first kappa shape index (κ1) is 19.8. The maximum atomic E-state index is 12.8. The molecule has 30 heavy (non-hydrogen) atoms. The van der Waals surface area contributed by atoms with Gasteiger partial charge in [0, 0.05) is 17.1 Å². The molecule has 1 amide bonds. The fourth-order valence-electron chi connectivity index (χ4n) is 3.22. The van der Waals surface area contributed by atoms with Gasteiger partial charge in [0.05, 0.1) is 19.3 Å². The topological polar surface area (TPSA) is 81.8 Å². The molecule has 0 unspecified atom stereocenters. The highest BCUT2D eigenvalue weighted by molar-refractivity contribution is 6.30. The molecule has 0 atom stereocenters. The summed E-state index contributed by atoms with van der Waals surface area (Å²) in [4.78, 5) is 29.5.